The molecule has 1 aromatic heterocycles. The second-order valence-corrected chi connectivity index (χ2v) is 6.62. The number of hydrogen-bond acceptors (Lipinski definition) is 4. The van der Waals surface area contributed by atoms with Gasteiger partial charge in [0.05, 0.1) is 6.54 Å². The van der Waals surface area contributed by atoms with Gasteiger partial charge in [0.1, 0.15) is 11.6 Å². The number of rotatable bonds is 4. The maximum absolute atomic E-state index is 12.5. The molecule has 24 heavy (non-hydrogen) atoms. The summed E-state index contributed by atoms with van der Waals surface area (Å²) in [4.78, 5) is 14.3. The molecule has 0 saturated heterocycles. The number of benzene rings is 1. The Hall–Kier alpha value is -2.37. The van der Waals surface area contributed by atoms with E-state index in [4.69, 9.17) is 4.74 Å². The molecule has 1 aliphatic heterocycles. The highest BCUT2D eigenvalue weighted by Crippen LogP contribution is 2.27. The predicted octanol–water partition coefficient (Wildman–Crippen LogP) is 2.44. The number of aryl methyl sites for hydroxylation is 2. The van der Waals surface area contributed by atoms with E-state index in [1.807, 2.05) is 19.9 Å². The minimum Gasteiger partial charge on any atom is -0.483 e. The summed E-state index contributed by atoms with van der Waals surface area (Å²) in [5.41, 5.74) is 2.26. The second kappa shape index (κ2) is 6.63. The van der Waals surface area contributed by atoms with E-state index in [9.17, 15) is 4.79 Å². The summed E-state index contributed by atoms with van der Waals surface area (Å²) >= 11 is 0. The van der Waals surface area contributed by atoms with Gasteiger partial charge in [-0.05, 0) is 37.0 Å². The normalized spacial score (nSPS) is 14.0. The zero-order valence-electron chi connectivity index (χ0n) is 14.7. The van der Waals surface area contributed by atoms with Crippen LogP contribution in [0.3, 0.4) is 0 Å². The summed E-state index contributed by atoms with van der Waals surface area (Å²) in [5.74, 6) is 2.87. The van der Waals surface area contributed by atoms with Gasteiger partial charge in [-0.25, -0.2) is 0 Å². The zero-order chi connectivity index (χ0) is 17.3. The van der Waals surface area contributed by atoms with Crippen LogP contribution in [0, 0.1) is 13.8 Å². The number of amides is 1. The van der Waals surface area contributed by atoms with E-state index < -0.39 is 0 Å². The van der Waals surface area contributed by atoms with Gasteiger partial charge < -0.3 is 14.2 Å². The van der Waals surface area contributed by atoms with E-state index in [0.29, 0.717) is 19.0 Å². The molecule has 1 aromatic carbocycles. The van der Waals surface area contributed by atoms with Crippen molar-refractivity contribution < 1.29 is 9.53 Å². The Labute approximate surface area is 142 Å². The summed E-state index contributed by atoms with van der Waals surface area (Å²) < 4.78 is 7.91. The fraction of sp³-hybridized carbons (Fsp3) is 0.500. The third-order valence-corrected chi connectivity index (χ3v) is 4.43. The molecule has 0 atom stereocenters. The van der Waals surface area contributed by atoms with Crippen LogP contribution in [0.5, 0.6) is 5.75 Å². The van der Waals surface area contributed by atoms with Gasteiger partial charge in [-0.15, -0.1) is 10.2 Å². The van der Waals surface area contributed by atoms with Crippen LogP contribution >= 0.6 is 0 Å². The third kappa shape index (κ3) is 3.27. The molecule has 0 fully saturated rings. The van der Waals surface area contributed by atoms with E-state index in [1.165, 1.54) is 0 Å². The maximum Gasteiger partial charge on any atom is 0.260 e. The van der Waals surface area contributed by atoms with Crippen LogP contribution in [-0.4, -0.2) is 38.7 Å². The number of aromatic nitrogens is 3. The summed E-state index contributed by atoms with van der Waals surface area (Å²) in [6, 6.07) is 6.15. The minimum absolute atomic E-state index is 0.0156. The molecule has 0 radical (unpaired) electrons. The number of fused-ring (bicyclic) bond motifs is 1. The standard InChI is InChI=1S/C18H24N4O2/c1-12(2)15-6-5-13(3)9-16(15)24-11-18(23)21-7-8-22-14(4)19-20-17(22)10-21/h5-6,9,12H,7-8,10-11H2,1-4H3. The van der Waals surface area contributed by atoms with Crippen molar-refractivity contribution in [3.8, 4) is 5.75 Å². The predicted molar refractivity (Wildman–Crippen MR) is 90.9 cm³/mol. The smallest absolute Gasteiger partial charge is 0.260 e. The molecule has 6 heteroatoms. The Morgan fingerprint density at radius 2 is 2.04 bits per heavy atom. The second-order valence-electron chi connectivity index (χ2n) is 6.62. The lowest BCUT2D eigenvalue weighted by molar-refractivity contribution is -0.134. The summed E-state index contributed by atoms with van der Waals surface area (Å²) in [5, 5.41) is 8.20. The van der Waals surface area contributed by atoms with Gasteiger partial charge in [0.2, 0.25) is 0 Å². The molecule has 128 valence electrons. The first kappa shape index (κ1) is 16.5. The van der Waals surface area contributed by atoms with Gasteiger partial charge in [0.25, 0.3) is 5.91 Å². The van der Waals surface area contributed by atoms with Crippen molar-refractivity contribution in [3.63, 3.8) is 0 Å². The van der Waals surface area contributed by atoms with Crippen LogP contribution in [-0.2, 0) is 17.9 Å². The van der Waals surface area contributed by atoms with Crippen molar-refractivity contribution in [2.24, 2.45) is 0 Å². The molecule has 2 heterocycles. The Bertz CT molecular complexity index is 751. The Morgan fingerprint density at radius 1 is 1.25 bits per heavy atom. The van der Waals surface area contributed by atoms with Gasteiger partial charge in [0, 0.05) is 13.1 Å². The zero-order valence-corrected chi connectivity index (χ0v) is 14.7. The fourth-order valence-electron chi connectivity index (χ4n) is 2.99. The van der Waals surface area contributed by atoms with Crippen LogP contribution in [0.1, 0.15) is 42.5 Å². The quantitative estimate of drug-likeness (QED) is 0.865. The van der Waals surface area contributed by atoms with Crippen LogP contribution in [0.2, 0.25) is 0 Å². The lowest BCUT2D eigenvalue weighted by atomic mass is 10.0. The van der Waals surface area contributed by atoms with Crippen molar-refractivity contribution in [2.75, 3.05) is 13.2 Å². The van der Waals surface area contributed by atoms with E-state index in [1.54, 1.807) is 4.90 Å². The molecule has 0 bridgehead atoms. The van der Waals surface area contributed by atoms with Crippen LogP contribution < -0.4 is 4.74 Å². The summed E-state index contributed by atoms with van der Waals surface area (Å²) in [6.45, 7) is 10.2. The lowest BCUT2D eigenvalue weighted by Gasteiger charge is -2.27. The number of nitrogens with zero attached hydrogens (tertiary/aromatic N) is 4. The van der Waals surface area contributed by atoms with E-state index in [2.05, 4.69) is 40.7 Å². The van der Waals surface area contributed by atoms with Gasteiger partial charge in [0.15, 0.2) is 12.4 Å². The fourth-order valence-corrected chi connectivity index (χ4v) is 2.99. The van der Waals surface area contributed by atoms with E-state index in [0.717, 1.165) is 35.1 Å². The molecule has 2 aromatic rings. The molecule has 6 nitrogen and oxygen atoms in total. The number of ether oxygens (including phenoxy) is 1. The third-order valence-electron chi connectivity index (χ3n) is 4.43. The van der Waals surface area contributed by atoms with Gasteiger partial charge >= 0.3 is 0 Å². The van der Waals surface area contributed by atoms with Gasteiger partial charge in [-0.3, -0.25) is 4.79 Å². The molecular formula is C18H24N4O2. The molecule has 0 unspecified atom stereocenters. The summed E-state index contributed by atoms with van der Waals surface area (Å²) in [6.07, 6.45) is 0. The van der Waals surface area contributed by atoms with Crippen LogP contribution in [0.15, 0.2) is 18.2 Å². The first-order chi connectivity index (χ1) is 11.5. The van der Waals surface area contributed by atoms with Crippen LogP contribution in [0.25, 0.3) is 0 Å². The summed E-state index contributed by atoms with van der Waals surface area (Å²) in [7, 11) is 0. The van der Waals surface area contributed by atoms with Crippen molar-refractivity contribution in [1.82, 2.24) is 19.7 Å². The first-order valence-electron chi connectivity index (χ1n) is 8.35. The highest BCUT2D eigenvalue weighted by molar-refractivity contribution is 5.77. The molecule has 1 amide bonds. The topological polar surface area (TPSA) is 60.2 Å². The van der Waals surface area contributed by atoms with E-state index in [-0.39, 0.29) is 12.5 Å². The SMILES string of the molecule is Cc1ccc(C(C)C)c(OCC(=O)N2CCn3c(C)nnc3C2)c1. The van der Waals surface area contributed by atoms with Crippen molar-refractivity contribution in [3.05, 3.63) is 41.0 Å². The molecule has 0 N–H and O–H groups in total. The van der Waals surface area contributed by atoms with Gasteiger partial charge in [-0.1, -0.05) is 26.0 Å². The average Bonchev–Trinajstić information content (AvgIpc) is 2.93. The van der Waals surface area contributed by atoms with Crippen LogP contribution in [0.4, 0.5) is 0 Å². The maximum atomic E-state index is 12.5. The monoisotopic (exact) mass is 328 g/mol. The number of carbonyl (C=O) groups excluding carboxylic acids is 1. The minimum atomic E-state index is -0.0156. The van der Waals surface area contributed by atoms with Crippen molar-refractivity contribution in [1.29, 1.82) is 0 Å². The first-order valence-corrected chi connectivity index (χ1v) is 8.35. The Kier molecular flexibility index (Phi) is 4.55. The number of hydrogen-bond donors (Lipinski definition) is 0. The molecule has 1 aliphatic rings. The lowest BCUT2D eigenvalue weighted by Crippen LogP contribution is -2.41. The van der Waals surface area contributed by atoms with Crippen molar-refractivity contribution in [2.45, 2.75) is 46.7 Å². The Morgan fingerprint density at radius 3 is 2.79 bits per heavy atom. The molecule has 0 aliphatic carbocycles. The highest BCUT2D eigenvalue weighted by atomic mass is 16.5. The van der Waals surface area contributed by atoms with E-state index >= 15 is 0 Å². The molecule has 3 rings (SSSR count). The van der Waals surface area contributed by atoms with Crippen molar-refractivity contribution >= 4 is 5.91 Å². The largest absolute Gasteiger partial charge is 0.483 e. The number of carbonyl (C=O) groups is 1. The van der Waals surface area contributed by atoms with Gasteiger partial charge in [-0.2, -0.15) is 0 Å². The molecule has 0 saturated carbocycles. The molecule has 0 spiro atoms. The highest BCUT2D eigenvalue weighted by Gasteiger charge is 2.23. The molecular weight excluding hydrogens is 304 g/mol. The average molecular weight is 328 g/mol. The Balaban J connectivity index is 1.65.